The van der Waals surface area contributed by atoms with Gasteiger partial charge in [0.15, 0.2) is 11.5 Å². The third-order valence-corrected chi connectivity index (χ3v) is 6.80. The van der Waals surface area contributed by atoms with Gasteiger partial charge in [0.25, 0.3) is 0 Å². The Morgan fingerprint density at radius 3 is 2.56 bits per heavy atom. The van der Waals surface area contributed by atoms with Gasteiger partial charge in [0.05, 0.1) is 27.8 Å². The van der Waals surface area contributed by atoms with Crippen LogP contribution >= 0.6 is 15.9 Å². The van der Waals surface area contributed by atoms with Crippen molar-refractivity contribution in [2.24, 2.45) is 4.99 Å². The number of nitrogens with one attached hydrogen (secondary N) is 1. The Morgan fingerprint density at radius 1 is 1.16 bits per heavy atom. The van der Waals surface area contributed by atoms with E-state index in [1.54, 1.807) is 37.7 Å². The molecule has 2 aromatic carbocycles. The van der Waals surface area contributed by atoms with Crippen LogP contribution in [0.4, 0.5) is 23.2 Å². The van der Waals surface area contributed by atoms with Gasteiger partial charge in [-0.15, -0.1) is 8.78 Å². The highest BCUT2D eigenvalue weighted by atomic mass is 79.9. The molecule has 4 aromatic rings. The molecule has 0 spiro atoms. The number of benzene rings is 2. The number of aromatic nitrogens is 2. The van der Waals surface area contributed by atoms with Crippen molar-refractivity contribution in [3.63, 3.8) is 0 Å². The van der Waals surface area contributed by atoms with Crippen LogP contribution in [0, 0.1) is 29.9 Å². The van der Waals surface area contributed by atoms with Gasteiger partial charge in [0.2, 0.25) is 5.88 Å². The number of nitriles is 1. The number of nitrogens with zero attached hydrogens (tertiary/aromatic N) is 4. The lowest BCUT2D eigenvalue weighted by atomic mass is 10.0. The minimum atomic E-state index is -3.67. The van der Waals surface area contributed by atoms with Crippen LogP contribution < -0.4 is 14.2 Å². The number of rotatable bonds is 7. The third kappa shape index (κ3) is 7.64. The maximum Gasteiger partial charge on any atom is 0.586 e. The van der Waals surface area contributed by atoms with Gasteiger partial charge < -0.3 is 24.1 Å². The lowest BCUT2D eigenvalue weighted by molar-refractivity contribution is -0.286. The van der Waals surface area contributed by atoms with Gasteiger partial charge in [-0.25, -0.2) is 18.8 Å². The fourth-order valence-electron chi connectivity index (χ4n) is 3.91. The number of halogens is 5. The molecule has 1 aliphatic rings. The Balaban J connectivity index is 0.000000206. The first-order chi connectivity index (χ1) is 20.4. The molecule has 13 heteroatoms. The summed E-state index contributed by atoms with van der Waals surface area (Å²) in [5.74, 6) is -1.03. The normalized spacial score (nSPS) is 13.7. The number of aliphatic imine (C=N–C) groups is 1. The number of alkyl halides is 2. The van der Waals surface area contributed by atoms with Gasteiger partial charge in [-0.1, -0.05) is 12.1 Å². The molecule has 1 aliphatic heterocycles. The molecular weight excluding hydrogens is 634 g/mol. The molecular formula is C30H26BrF4N5O3. The number of aryl methyl sites for hydroxylation is 1. The molecule has 0 fully saturated rings. The first-order valence-electron chi connectivity index (χ1n) is 12.9. The van der Waals surface area contributed by atoms with E-state index < -0.39 is 24.0 Å². The lowest BCUT2D eigenvalue weighted by Gasteiger charge is -2.16. The van der Waals surface area contributed by atoms with E-state index in [0.717, 1.165) is 12.6 Å². The summed E-state index contributed by atoms with van der Waals surface area (Å²) >= 11 is 3.41. The van der Waals surface area contributed by atoms with Crippen LogP contribution in [-0.4, -0.2) is 41.1 Å². The summed E-state index contributed by atoms with van der Waals surface area (Å²) in [6.07, 6.45) is 0.543. The molecule has 1 unspecified atom stereocenters. The molecule has 224 valence electrons. The minimum Gasteiger partial charge on any atom is -0.469 e. The van der Waals surface area contributed by atoms with E-state index in [4.69, 9.17) is 10.00 Å². The Kier molecular flexibility index (Phi) is 9.60. The number of ether oxygens (including phenoxy) is 3. The Morgan fingerprint density at radius 2 is 1.88 bits per heavy atom. The second kappa shape index (κ2) is 13.2. The van der Waals surface area contributed by atoms with Crippen molar-refractivity contribution in [1.82, 2.24) is 14.9 Å². The zero-order valence-corrected chi connectivity index (χ0v) is 25.0. The fourth-order valence-corrected chi connectivity index (χ4v) is 4.31. The smallest absolute Gasteiger partial charge is 0.469 e. The average Bonchev–Trinajstić information content (AvgIpc) is 3.56. The number of para-hydroxylation sites is 1. The number of fused-ring (bicyclic) bond motifs is 1. The monoisotopic (exact) mass is 659 g/mol. The fraction of sp³-hybridized carbons (Fsp3) is 0.233. The molecule has 0 saturated heterocycles. The molecule has 2 aromatic heterocycles. The second-order valence-electron chi connectivity index (χ2n) is 9.36. The largest absolute Gasteiger partial charge is 0.586 e. The molecule has 1 atom stereocenters. The van der Waals surface area contributed by atoms with Crippen molar-refractivity contribution in [2.75, 3.05) is 13.6 Å². The molecule has 0 bridgehead atoms. The second-order valence-corrected chi connectivity index (χ2v) is 10.2. The molecule has 0 saturated carbocycles. The summed E-state index contributed by atoms with van der Waals surface area (Å²) in [7, 11) is 1.93. The number of H-pyrrole nitrogens is 1. The first-order valence-corrected chi connectivity index (χ1v) is 13.7. The summed E-state index contributed by atoms with van der Waals surface area (Å²) in [6.45, 7) is 6.41. The number of pyridine rings is 1. The van der Waals surface area contributed by atoms with Gasteiger partial charge in [0.1, 0.15) is 23.8 Å². The molecule has 0 aliphatic carbocycles. The lowest BCUT2D eigenvalue weighted by Crippen LogP contribution is -2.26. The quantitative estimate of drug-likeness (QED) is 0.122. The van der Waals surface area contributed by atoms with E-state index in [2.05, 4.69) is 40.4 Å². The predicted octanol–water partition coefficient (Wildman–Crippen LogP) is 8.06. The summed E-state index contributed by atoms with van der Waals surface area (Å²) in [6, 6.07) is 11.6. The Labute approximate surface area is 253 Å². The summed E-state index contributed by atoms with van der Waals surface area (Å²) in [5, 5.41) is 8.93. The van der Waals surface area contributed by atoms with Crippen LogP contribution in [0.15, 0.2) is 64.3 Å². The maximum atomic E-state index is 13.4. The SMILES string of the molecule is CCN(C)C=Nc1cc(Br)c(OC(C)c2cc(F)cc(F)c2)nc1C.N#Cc1c[nH]cc1-c1cccc2c1OC(F)(F)O2. The average molecular weight is 660 g/mol. The van der Waals surface area contributed by atoms with Crippen molar-refractivity contribution in [2.45, 2.75) is 33.2 Å². The summed E-state index contributed by atoms with van der Waals surface area (Å²) in [4.78, 5) is 13.5. The predicted molar refractivity (Wildman–Crippen MR) is 156 cm³/mol. The van der Waals surface area contributed by atoms with Gasteiger partial charge in [-0.3, -0.25) is 0 Å². The molecule has 8 nitrogen and oxygen atoms in total. The van der Waals surface area contributed by atoms with Crippen molar-refractivity contribution in [1.29, 1.82) is 5.26 Å². The zero-order valence-electron chi connectivity index (χ0n) is 23.5. The highest BCUT2D eigenvalue weighted by molar-refractivity contribution is 9.10. The number of hydrogen-bond donors (Lipinski definition) is 1. The zero-order chi connectivity index (χ0) is 31.3. The number of hydrogen-bond acceptors (Lipinski definition) is 6. The maximum absolute atomic E-state index is 13.4. The minimum absolute atomic E-state index is 0.0393. The van der Waals surface area contributed by atoms with Gasteiger partial charge in [-0.05, 0) is 66.5 Å². The third-order valence-electron chi connectivity index (χ3n) is 6.23. The van der Waals surface area contributed by atoms with Crippen LogP contribution in [0.3, 0.4) is 0 Å². The highest BCUT2D eigenvalue weighted by Crippen LogP contribution is 2.47. The van der Waals surface area contributed by atoms with Crippen LogP contribution in [0.1, 0.15) is 36.8 Å². The molecule has 43 heavy (non-hydrogen) atoms. The summed E-state index contributed by atoms with van der Waals surface area (Å²) < 4.78 is 68.0. The van der Waals surface area contributed by atoms with E-state index in [9.17, 15) is 17.6 Å². The highest BCUT2D eigenvalue weighted by Gasteiger charge is 2.44. The van der Waals surface area contributed by atoms with Gasteiger partial charge in [0, 0.05) is 43.2 Å². The van der Waals surface area contributed by atoms with Crippen molar-refractivity contribution in [3.05, 3.63) is 87.8 Å². The molecule has 0 amide bonds. The van der Waals surface area contributed by atoms with Crippen molar-refractivity contribution < 1.29 is 31.8 Å². The van der Waals surface area contributed by atoms with Gasteiger partial charge >= 0.3 is 6.29 Å². The van der Waals surface area contributed by atoms with E-state index in [-0.39, 0.29) is 11.5 Å². The standard InChI is InChI=1S/C18H20BrF2N3O.C12H6F2N2O2/c1-5-24(4)10-22-17-9-16(19)18(23-11(17)2)25-12(3)13-6-14(20)8-15(21)7-13;13-12(14)17-10-3-1-2-8(11(10)18-12)9-6-16-5-7(9)4-15/h6-10,12H,5H2,1-4H3;1-3,5-6,16H. The topological polar surface area (TPSA) is 95.8 Å². The van der Waals surface area contributed by atoms with E-state index >= 15 is 0 Å². The first kappa shape index (κ1) is 31.4. The van der Waals surface area contributed by atoms with Crippen LogP contribution in [0.25, 0.3) is 11.1 Å². The van der Waals surface area contributed by atoms with Crippen LogP contribution in [0.2, 0.25) is 0 Å². The van der Waals surface area contributed by atoms with Crippen LogP contribution in [-0.2, 0) is 0 Å². The summed E-state index contributed by atoms with van der Waals surface area (Å²) in [5.41, 5.74) is 3.04. The van der Waals surface area contributed by atoms with E-state index in [1.807, 2.05) is 31.9 Å². The Hall–Kier alpha value is -4.57. The van der Waals surface area contributed by atoms with Gasteiger partial charge in [-0.2, -0.15) is 5.26 Å². The Bertz CT molecular complexity index is 1670. The number of aromatic amines is 1. The van der Waals surface area contributed by atoms with Crippen molar-refractivity contribution in [3.8, 4) is 34.6 Å². The molecule has 5 rings (SSSR count). The van der Waals surface area contributed by atoms with E-state index in [1.165, 1.54) is 24.4 Å². The molecule has 0 radical (unpaired) electrons. The van der Waals surface area contributed by atoms with Crippen LogP contribution in [0.5, 0.6) is 17.4 Å². The molecule has 3 heterocycles. The van der Waals surface area contributed by atoms with E-state index in [0.29, 0.717) is 44.0 Å². The van der Waals surface area contributed by atoms with Crippen molar-refractivity contribution >= 4 is 28.0 Å². The molecule has 1 N–H and O–H groups in total.